The molecule has 0 bridgehead atoms. The van der Waals surface area contributed by atoms with Crippen molar-refractivity contribution in [3.05, 3.63) is 47.5 Å². The second-order valence-corrected chi connectivity index (χ2v) is 5.71. The van der Waals surface area contributed by atoms with Crippen LogP contribution in [0.2, 0.25) is 0 Å². The topological polar surface area (TPSA) is 85.6 Å². The molecule has 1 aromatic carbocycles. The van der Waals surface area contributed by atoms with Gasteiger partial charge in [-0.3, -0.25) is 0 Å². The van der Waals surface area contributed by atoms with Gasteiger partial charge in [-0.05, 0) is 38.5 Å². The van der Waals surface area contributed by atoms with E-state index < -0.39 is 23.8 Å². The molecule has 1 aromatic rings. The summed E-state index contributed by atoms with van der Waals surface area (Å²) in [5.41, 5.74) is 0.126. The van der Waals surface area contributed by atoms with E-state index in [1.165, 1.54) is 7.11 Å². The molecule has 0 amide bonds. The number of carbonyl (C=O) groups excluding carboxylic acids is 2. The van der Waals surface area contributed by atoms with Gasteiger partial charge in [0.2, 0.25) is 0 Å². The van der Waals surface area contributed by atoms with Crippen molar-refractivity contribution in [2.45, 2.75) is 32.5 Å². The quantitative estimate of drug-likeness (QED) is 0.625. The zero-order valence-corrected chi connectivity index (χ0v) is 13.6. The fourth-order valence-corrected chi connectivity index (χ4v) is 1.68. The summed E-state index contributed by atoms with van der Waals surface area (Å²) in [6.07, 6.45) is -2.00. The first kappa shape index (κ1) is 18.2. The van der Waals surface area contributed by atoms with Crippen molar-refractivity contribution in [1.82, 2.24) is 0 Å². The second kappa shape index (κ2) is 7.45. The van der Waals surface area contributed by atoms with E-state index in [-0.39, 0.29) is 5.57 Å². The number of nitrogens with zero attached hydrogens (tertiary/aromatic N) is 1. The Morgan fingerprint density at radius 1 is 1.22 bits per heavy atom. The van der Waals surface area contributed by atoms with Crippen molar-refractivity contribution in [3.8, 4) is 6.07 Å². The lowest BCUT2D eigenvalue weighted by Gasteiger charge is -2.23. The van der Waals surface area contributed by atoms with Gasteiger partial charge in [0.1, 0.15) is 5.60 Å². The molecular weight excluding hydrogens is 298 g/mol. The lowest BCUT2D eigenvalue weighted by atomic mass is 10.0. The van der Waals surface area contributed by atoms with Crippen molar-refractivity contribution < 1.29 is 23.8 Å². The van der Waals surface area contributed by atoms with Crippen LogP contribution in [0.1, 0.15) is 38.0 Å². The van der Waals surface area contributed by atoms with Crippen molar-refractivity contribution in [1.29, 1.82) is 5.26 Å². The Bertz CT molecular complexity index is 634. The zero-order valence-electron chi connectivity index (χ0n) is 13.6. The molecule has 0 aliphatic heterocycles. The fraction of sp³-hybridized carbons (Fsp3) is 0.353. The molecule has 6 nitrogen and oxygen atoms in total. The van der Waals surface area contributed by atoms with Crippen LogP contribution in [0.15, 0.2) is 36.4 Å². The first-order valence-corrected chi connectivity index (χ1v) is 6.84. The van der Waals surface area contributed by atoms with Crippen molar-refractivity contribution in [3.63, 3.8) is 0 Å². The molecule has 0 heterocycles. The Labute approximate surface area is 135 Å². The van der Waals surface area contributed by atoms with Gasteiger partial charge in [-0.25, -0.2) is 9.59 Å². The average molecular weight is 317 g/mol. The van der Waals surface area contributed by atoms with Crippen LogP contribution in [0.5, 0.6) is 0 Å². The van der Waals surface area contributed by atoms with E-state index in [1.807, 2.05) is 6.07 Å². The summed E-state index contributed by atoms with van der Waals surface area (Å²) in [4.78, 5) is 23.6. The molecule has 1 unspecified atom stereocenters. The summed E-state index contributed by atoms with van der Waals surface area (Å²) < 4.78 is 14.9. The first-order valence-electron chi connectivity index (χ1n) is 6.84. The number of benzene rings is 1. The number of ether oxygens (including phenoxy) is 3. The van der Waals surface area contributed by atoms with Gasteiger partial charge < -0.3 is 14.2 Å². The zero-order chi connectivity index (χ0) is 17.6. The Hall–Kier alpha value is -2.81. The third-order valence-corrected chi connectivity index (χ3v) is 2.71. The van der Waals surface area contributed by atoms with Crippen LogP contribution < -0.4 is 0 Å². The van der Waals surface area contributed by atoms with Crippen LogP contribution in [0.4, 0.5) is 4.79 Å². The van der Waals surface area contributed by atoms with E-state index in [0.717, 1.165) is 0 Å². The minimum atomic E-state index is -1.06. The third kappa shape index (κ3) is 5.47. The van der Waals surface area contributed by atoms with Crippen LogP contribution in [-0.4, -0.2) is 24.8 Å². The maximum absolute atomic E-state index is 11.9. The number of methoxy groups -OCH3 is 1. The number of nitriles is 1. The van der Waals surface area contributed by atoms with Gasteiger partial charge in [0.05, 0.1) is 24.3 Å². The molecule has 0 radical (unpaired) electrons. The van der Waals surface area contributed by atoms with Gasteiger partial charge in [-0.15, -0.1) is 0 Å². The fourth-order valence-electron chi connectivity index (χ4n) is 1.68. The van der Waals surface area contributed by atoms with Gasteiger partial charge in [-0.2, -0.15) is 5.26 Å². The number of hydrogen-bond donors (Lipinski definition) is 0. The molecule has 1 rings (SSSR count). The van der Waals surface area contributed by atoms with E-state index in [9.17, 15) is 9.59 Å². The number of carbonyl (C=O) groups is 2. The van der Waals surface area contributed by atoms with Gasteiger partial charge in [-0.1, -0.05) is 18.7 Å². The standard InChI is InChI=1S/C17H19NO5/c1-11(15(19)21-5)14(22-16(20)23-17(2,3)4)13-8-6-12(10-18)7-9-13/h6-9,14H,1H2,2-5H3. The second-order valence-electron chi connectivity index (χ2n) is 5.71. The molecule has 0 saturated carbocycles. The SMILES string of the molecule is C=C(C(=O)OC)C(OC(=O)OC(C)(C)C)c1ccc(C#N)cc1. The molecule has 0 N–H and O–H groups in total. The molecule has 0 aliphatic carbocycles. The monoisotopic (exact) mass is 317 g/mol. The first-order chi connectivity index (χ1) is 10.7. The highest BCUT2D eigenvalue weighted by Gasteiger charge is 2.28. The van der Waals surface area contributed by atoms with Crippen molar-refractivity contribution >= 4 is 12.1 Å². The highest BCUT2D eigenvalue weighted by Crippen LogP contribution is 2.27. The van der Waals surface area contributed by atoms with Crippen LogP contribution in [-0.2, 0) is 19.0 Å². The lowest BCUT2D eigenvalue weighted by Crippen LogP contribution is -2.27. The Morgan fingerprint density at radius 2 is 1.78 bits per heavy atom. The summed E-state index contributed by atoms with van der Waals surface area (Å²) in [7, 11) is 1.21. The maximum atomic E-state index is 11.9. The summed E-state index contributed by atoms with van der Waals surface area (Å²) in [5, 5.41) is 8.83. The summed E-state index contributed by atoms with van der Waals surface area (Å²) in [6.45, 7) is 8.71. The van der Waals surface area contributed by atoms with Gasteiger partial charge in [0.15, 0.2) is 6.10 Å². The third-order valence-electron chi connectivity index (χ3n) is 2.71. The molecule has 23 heavy (non-hydrogen) atoms. The van der Waals surface area contributed by atoms with E-state index in [1.54, 1.807) is 45.0 Å². The molecule has 0 fully saturated rings. The normalized spacial score (nSPS) is 11.8. The van der Waals surface area contributed by atoms with Gasteiger partial charge in [0, 0.05) is 0 Å². The summed E-state index contributed by atoms with van der Waals surface area (Å²) >= 11 is 0. The molecular formula is C17H19NO5. The van der Waals surface area contributed by atoms with Crippen molar-refractivity contribution in [2.24, 2.45) is 0 Å². The molecule has 0 aromatic heterocycles. The highest BCUT2D eigenvalue weighted by atomic mass is 16.7. The maximum Gasteiger partial charge on any atom is 0.509 e. The van der Waals surface area contributed by atoms with Gasteiger partial charge >= 0.3 is 12.1 Å². The molecule has 6 heteroatoms. The smallest absolute Gasteiger partial charge is 0.466 e. The minimum Gasteiger partial charge on any atom is -0.466 e. The predicted molar refractivity (Wildman–Crippen MR) is 82.4 cm³/mol. The van der Waals surface area contributed by atoms with E-state index in [4.69, 9.17) is 14.7 Å². The lowest BCUT2D eigenvalue weighted by molar-refractivity contribution is -0.137. The van der Waals surface area contributed by atoms with E-state index in [0.29, 0.717) is 11.1 Å². The largest absolute Gasteiger partial charge is 0.509 e. The molecule has 0 spiro atoms. The van der Waals surface area contributed by atoms with E-state index >= 15 is 0 Å². The van der Waals surface area contributed by atoms with E-state index in [2.05, 4.69) is 11.3 Å². The van der Waals surface area contributed by atoms with Crippen LogP contribution in [0, 0.1) is 11.3 Å². The Kier molecular flexibility index (Phi) is 5.91. The summed E-state index contributed by atoms with van der Waals surface area (Å²) in [5.74, 6) is -0.706. The number of hydrogen-bond acceptors (Lipinski definition) is 6. The number of rotatable bonds is 4. The van der Waals surface area contributed by atoms with Crippen LogP contribution in [0.3, 0.4) is 0 Å². The molecule has 1 atom stereocenters. The Morgan fingerprint density at radius 3 is 2.22 bits per heavy atom. The highest BCUT2D eigenvalue weighted by molar-refractivity contribution is 5.89. The van der Waals surface area contributed by atoms with Gasteiger partial charge in [0.25, 0.3) is 0 Å². The molecule has 0 aliphatic rings. The van der Waals surface area contributed by atoms with Crippen LogP contribution in [0.25, 0.3) is 0 Å². The van der Waals surface area contributed by atoms with Crippen LogP contribution >= 0.6 is 0 Å². The average Bonchev–Trinajstić information content (AvgIpc) is 2.49. The number of esters is 1. The Balaban J connectivity index is 3.06. The predicted octanol–water partition coefficient (Wildman–Crippen LogP) is 3.28. The summed E-state index contributed by atoms with van der Waals surface area (Å²) in [6, 6.07) is 8.22. The minimum absolute atomic E-state index is 0.0527. The molecule has 0 saturated heterocycles. The van der Waals surface area contributed by atoms with Crippen molar-refractivity contribution in [2.75, 3.05) is 7.11 Å². The molecule has 122 valence electrons.